The number of amides is 2. The monoisotopic (exact) mass is 351 g/mol. The minimum atomic E-state index is 0.0843. The molecule has 2 aromatic rings. The van der Waals surface area contributed by atoms with Gasteiger partial charge in [0.05, 0.1) is 11.1 Å². The molecule has 5 nitrogen and oxygen atoms in total. The highest BCUT2D eigenvalue weighted by Gasteiger charge is 2.40. The van der Waals surface area contributed by atoms with Crippen LogP contribution in [0.2, 0.25) is 0 Å². The number of para-hydroxylation sites is 1. The molecule has 2 atom stereocenters. The molecule has 2 aliphatic heterocycles. The summed E-state index contributed by atoms with van der Waals surface area (Å²) in [5, 5.41) is 0.911. The lowest BCUT2D eigenvalue weighted by atomic mass is 9.83. The Kier molecular flexibility index (Phi) is 4.62. The highest BCUT2D eigenvalue weighted by atomic mass is 16.2. The highest BCUT2D eigenvalue weighted by molar-refractivity contribution is 6.06. The number of fused-ring (bicyclic) bond motifs is 2. The first-order valence-corrected chi connectivity index (χ1v) is 9.61. The molecule has 1 aromatic heterocycles. The number of hydrogen-bond acceptors (Lipinski definition) is 3. The van der Waals surface area contributed by atoms with Crippen LogP contribution in [0.15, 0.2) is 36.5 Å². The molecule has 0 unspecified atom stereocenters. The van der Waals surface area contributed by atoms with Gasteiger partial charge in [0.15, 0.2) is 0 Å². The molecule has 0 saturated carbocycles. The van der Waals surface area contributed by atoms with Crippen molar-refractivity contribution in [2.75, 3.05) is 19.6 Å². The van der Waals surface area contributed by atoms with Crippen LogP contribution >= 0.6 is 0 Å². The van der Waals surface area contributed by atoms with E-state index in [-0.39, 0.29) is 11.8 Å². The van der Waals surface area contributed by atoms with Gasteiger partial charge in [-0.3, -0.25) is 14.6 Å². The number of likely N-dealkylation sites (tertiary alicyclic amines) is 2. The number of nitrogens with zero attached hydrogens (tertiary/aromatic N) is 3. The second-order valence-corrected chi connectivity index (χ2v) is 7.37. The lowest BCUT2D eigenvalue weighted by Crippen LogP contribution is -2.57. The maximum atomic E-state index is 13.2. The average molecular weight is 351 g/mol. The number of aromatic nitrogens is 1. The van der Waals surface area contributed by atoms with Gasteiger partial charge >= 0.3 is 0 Å². The molecular weight excluding hydrogens is 326 g/mol. The van der Waals surface area contributed by atoms with Crippen molar-refractivity contribution >= 4 is 22.7 Å². The van der Waals surface area contributed by atoms with Crippen molar-refractivity contribution in [1.82, 2.24) is 14.8 Å². The predicted octanol–water partition coefficient (Wildman–Crippen LogP) is 3.10. The van der Waals surface area contributed by atoms with Crippen molar-refractivity contribution < 1.29 is 9.59 Å². The van der Waals surface area contributed by atoms with Crippen LogP contribution in [0.5, 0.6) is 0 Å². The summed E-state index contributed by atoms with van der Waals surface area (Å²) in [7, 11) is 0. The Morgan fingerprint density at radius 2 is 2.08 bits per heavy atom. The van der Waals surface area contributed by atoms with Crippen molar-refractivity contribution in [2.24, 2.45) is 5.92 Å². The topological polar surface area (TPSA) is 53.5 Å². The Bertz CT molecular complexity index is 830. The van der Waals surface area contributed by atoms with E-state index >= 15 is 0 Å². The van der Waals surface area contributed by atoms with Crippen LogP contribution in [0, 0.1) is 5.92 Å². The van der Waals surface area contributed by atoms with Crippen LogP contribution in [-0.4, -0.2) is 52.3 Å². The fourth-order valence-corrected chi connectivity index (χ4v) is 4.52. The van der Waals surface area contributed by atoms with Crippen molar-refractivity contribution in [3.05, 3.63) is 42.1 Å². The standard InChI is InChI=1S/C21H25N3O2/c1-2-12-24-19-10-13-23(14-15(19)7-8-20(24)25)21(26)17-9-11-22-18-6-4-3-5-16(17)18/h3-6,9,11,15,19H,2,7-8,10,12-14H2,1H3/t15-,19+/m0/s1. The lowest BCUT2D eigenvalue weighted by molar-refractivity contribution is -0.140. The van der Waals surface area contributed by atoms with E-state index in [0.29, 0.717) is 24.9 Å². The fourth-order valence-electron chi connectivity index (χ4n) is 4.52. The van der Waals surface area contributed by atoms with Gasteiger partial charge in [-0.15, -0.1) is 0 Å². The van der Waals surface area contributed by atoms with Crippen LogP contribution in [0.1, 0.15) is 43.0 Å². The quantitative estimate of drug-likeness (QED) is 0.854. The Morgan fingerprint density at radius 1 is 1.23 bits per heavy atom. The fraction of sp³-hybridized carbons (Fsp3) is 0.476. The third-order valence-corrected chi connectivity index (χ3v) is 5.77. The first-order valence-electron chi connectivity index (χ1n) is 9.61. The predicted molar refractivity (Wildman–Crippen MR) is 101 cm³/mol. The molecule has 2 fully saturated rings. The smallest absolute Gasteiger partial charge is 0.254 e. The normalized spacial score (nSPS) is 23.2. The van der Waals surface area contributed by atoms with Gasteiger partial charge < -0.3 is 9.80 Å². The van der Waals surface area contributed by atoms with E-state index in [1.54, 1.807) is 6.20 Å². The number of pyridine rings is 1. The summed E-state index contributed by atoms with van der Waals surface area (Å²) < 4.78 is 0. The summed E-state index contributed by atoms with van der Waals surface area (Å²) in [5.41, 5.74) is 1.58. The van der Waals surface area contributed by atoms with Gasteiger partial charge in [0, 0.05) is 43.7 Å². The molecule has 0 N–H and O–H groups in total. The first kappa shape index (κ1) is 17.0. The second-order valence-electron chi connectivity index (χ2n) is 7.37. The van der Waals surface area contributed by atoms with E-state index in [1.165, 1.54) is 0 Å². The molecule has 4 rings (SSSR count). The summed E-state index contributed by atoms with van der Waals surface area (Å²) in [6.45, 7) is 4.41. The lowest BCUT2D eigenvalue weighted by Gasteiger charge is -2.47. The van der Waals surface area contributed by atoms with Crippen molar-refractivity contribution in [3.63, 3.8) is 0 Å². The van der Waals surface area contributed by atoms with Crippen LogP contribution in [0.3, 0.4) is 0 Å². The molecule has 0 bridgehead atoms. The van der Waals surface area contributed by atoms with E-state index in [4.69, 9.17) is 0 Å². The van der Waals surface area contributed by atoms with E-state index in [1.807, 2.05) is 35.2 Å². The van der Waals surface area contributed by atoms with Gasteiger partial charge in [0.2, 0.25) is 5.91 Å². The van der Waals surface area contributed by atoms with E-state index in [2.05, 4.69) is 16.8 Å². The van der Waals surface area contributed by atoms with Crippen LogP contribution in [0.4, 0.5) is 0 Å². The van der Waals surface area contributed by atoms with Gasteiger partial charge in [0.25, 0.3) is 5.91 Å². The van der Waals surface area contributed by atoms with E-state index in [0.717, 1.165) is 48.8 Å². The van der Waals surface area contributed by atoms with Gasteiger partial charge in [-0.05, 0) is 37.3 Å². The van der Waals surface area contributed by atoms with Crippen LogP contribution in [-0.2, 0) is 4.79 Å². The van der Waals surface area contributed by atoms with Crippen molar-refractivity contribution in [3.8, 4) is 0 Å². The Labute approximate surface area is 154 Å². The van der Waals surface area contributed by atoms with E-state index < -0.39 is 0 Å². The Balaban J connectivity index is 1.55. The molecule has 0 aliphatic carbocycles. The van der Waals surface area contributed by atoms with Crippen molar-refractivity contribution in [1.29, 1.82) is 0 Å². The SMILES string of the molecule is CCCN1C(=O)CC[C@H]2CN(C(=O)c3ccnc4ccccc34)CC[C@H]21. The summed E-state index contributed by atoms with van der Waals surface area (Å²) in [4.78, 5) is 33.8. The summed E-state index contributed by atoms with van der Waals surface area (Å²) in [5.74, 6) is 0.763. The molecule has 5 heteroatoms. The first-order chi connectivity index (χ1) is 12.7. The highest BCUT2D eigenvalue weighted by Crippen LogP contribution is 2.32. The summed E-state index contributed by atoms with van der Waals surface area (Å²) in [6.07, 6.45) is 5.09. The summed E-state index contributed by atoms with van der Waals surface area (Å²) in [6, 6.07) is 9.91. The molecule has 26 heavy (non-hydrogen) atoms. The molecule has 2 amide bonds. The minimum absolute atomic E-state index is 0.0843. The Morgan fingerprint density at radius 3 is 2.92 bits per heavy atom. The number of piperidine rings is 2. The largest absolute Gasteiger partial charge is 0.339 e. The third kappa shape index (κ3) is 2.96. The molecule has 3 heterocycles. The Hall–Kier alpha value is -2.43. The van der Waals surface area contributed by atoms with E-state index in [9.17, 15) is 9.59 Å². The molecule has 2 aliphatic rings. The maximum absolute atomic E-state index is 13.2. The van der Waals surface area contributed by atoms with Crippen molar-refractivity contribution in [2.45, 2.75) is 38.6 Å². The number of rotatable bonds is 3. The number of hydrogen-bond donors (Lipinski definition) is 0. The second kappa shape index (κ2) is 7.06. The number of benzene rings is 1. The molecule has 0 spiro atoms. The third-order valence-electron chi connectivity index (χ3n) is 5.77. The molecule has 1 aromatic carbocycles. The maximum Gasteiger partial charge on any atom is 0.254 e. The average Bonchev–Trinajstić information content (AvgIpc) is 2.69. The molecular formula is C21H25N3O2. The van der Waals surface area contributed by atoms with Gasteiger partial charge in [-0.25, -0.2) is 0 Å². The number of carbonyl (C=O) groups is 2. The summed E-state index contributed by atoms with van der Waals surface area (Å²) >= 11 is 0. The minimum Gasteiger partial charge on any atom is -0.339 e. The zero-order valence-electron chi connectivity index (χ0n) is 15.2. The zero-order valence-corrected chi connectivity index (χ0v) is 15.2. The van der Waals surface area contributed by atoms with Crippen LogP contribution in [0.25, 0.3) is 10.9 Å². The molecule has 2 saturated heterocycles. The molecule has 136 valence electrons. The number of carbonyl (C=O) groups excluding carboxylic acids is 2. The van der Waals surface area contributed by atoms with Gasteiger partial charge in [0.1, 0.15) is 0 Å². The van der Waals surface area contributed by atoms with Gasteiger partial charge in [-0.2, -0.15) is 0 Å². The van der Waals surface area contributed by atoms with Crippen LogP contribution < -0.4 is 0 Å². The van der Waals surface area contributed by atoms with Gasteiger partial charge in [-0.1, -0.05) is 25.1 Å². The zero-order chi connectivity index (χ0) is 18.1. The molecule has 0 radical (unpaired) electrons.